The summed E-state index contributed by atoms with van der Waals surface area (Å²) in [6.45, 7) is 7.65. The van der Waals surface area contributed by atoms with E-state index in [0.717, 1.165) is 19.3 Å². The first kappa shape index (κ1) is 12.9. The summed E-state index contributed by atoms with van der Waals surface area (Å²) in [5.74, 6) is 0.0774. The van der Waals surface area contributed by atoms with E-state index >= 15 is 0 Å². The van der Waals surface area contributed by atoms with E-state index in [0.29, 0.717) is 6.04 Å². The summed E-state index contributed by atoms with van der Waals surface area (Å²) in [4.78, 5) is 11.7. The first-order valence-corrected chi connectivity index (χ1v) is 5.91. The molecule has 0 aromatic heterocycles. The molecule has 0 spiro atoms. The molecule has 1 N–H and O–H groups in total. The van der Waals surface area contributed by atoms with Gasteiger partial charge >= 0.3 is 0 Å². The summed E-state index contributed by atoms with van der Waals surface area (Å²) in [6.07, 6.45) is 10.9. The van der Waals surface area contributed by atoms with E-state index in [9.17, 15) is 4.79 Å². The second kappa shape index (κ2) is 6.44. The minimum atomic E-state index is -0.133. The molecular formula is C14H21NO. The highest BCUT2D eigenvalue weighted by Crippen LogP contribution is 2.15. The van der Waals surface area contributed by atoms with Crippen molar-refractivity contribution in [3.05, 3.63) is 36.5 Å². The summed E-state index contributed by atoms with van der Waals surface area (Å²) in [5, 5.41) is 3.28. The van der Waals surface area contributed by atoms with E-state index in [1.165, 1.54) is 11.6 Å². The molecule has 0 fully saturated rings. The van der Waals surface area contributed by atoms with Crippen LogP contribution in [0.15, 0.2) is 36.5 Å². The van der Waals surface area contributed by atoms with Crippen molar-refractivity contribution in [1.29, 1.82) is 0 Å². The summed E-state index contributed by atoms with van der Waals surface area (Å²) in [5.41, 5.74) is 1.25. The highest BCUT2D eigenvalue weighted by atomic mass is 16.1. The van der Waals surface area contributed by atoms with Crippen molar-refractivity contribution in [2.75, 3.05) is 0 Å². The van der Waals surface area contributed by atoms with Crippen LogP contribution in [0.1, 0.15) is 33.1 Å². The number of hydrogen-bond acceptors (Lipinski definition) is 2. The third-order valence-corrected chi connectivity index (χ3v) is 2.59. The van der Waals surface area contributed by atoms with Gasteiger partial charge in [-0.1, -0.05) is 44.2 Å². The molecule has 0 aliphatic heterocycles. The van der Waals surface area contributed by atoms with Gasteiger partial charge in [-0.3, -0.25) is 4.79 Å². The van der Waals surface area contributed by atoms with E-state index < -0.39 is 0 Å². The Bertz CT molecular complexity index is 313. The zero-order chi connectivity index (χ0) is 12.0. The SMILES string of the molecule is C=CC(=O)[C@@H](CC1=CCCC=C1)NC(C)C. The van der Waals surface area contributed by atoms with Gasteiger partial charge in [0.05, 0.1) is 6.04 Å². The summed E-state index contributed by atoms with van der Waals surface area (Å²) in [7, 11) is 0. The fourth-order valence-corrected chi connectivity index (χ4v) is 1.84. The molecule has 88 valence electrons. The first-order chi connectivity index (χ1) is 7.63. The quantitative estimate of drug-likeness (QED) is 0.696. The number of carbonyl (C=O) groups is 1. The van der Waals surface area contributed by atoms with E-state index in [-0.39, 0.29) is 11.8 Å². The highest BCUT2D eigenvalue weighted by molar-refractivity contribution is 5.94. The fraction of sp³-hybridized carbons (Fsp3) is 0.500. The Morgan fingerprint density at radius 1 is 1.56 bits per heavy atom. The number of hydrogen-bond donors (Lipinski definition) is 1. The minimum Gasteiger partial charge on any atom is -0.305 e. The third kappa shape index (κ3) is 4.15. The monoisotopic (exact) mass is 219 g/mol. The van der Waals surface area contributed by atoms with Gasteiger partial charge in [-0.25, -0.2) is 0 Å². The Kier molecular flexibility index (Phi) is 5.20. The predicted octanol–water partition coefficient (Wildman–Crippen LogP) is 2.77. The van der Waals surface area contributed by atoms with Crippen LogP contribution in [-0.4, -0.2) is 17.9 Å². The predicted molar refractivity (Wildman–Crippen MR) is 68.3 cm³/mol. The molecule has 16 heavy (non-hydrogen) atoms. The molecule has 0 saturated heterocycles. The molecule has 0 amide bonds. The molecule has 0 radical (unpaired) electrons. The zero-order valence-electron chi connectivity index (χ0n) is 10.2. The molecule has 0 aromatic rings. The highest BCUT2D eigenvalue weighted by Gasteiger charge is 2.17. The second-order valence-electron chi connectivity index (χ2n) is 4.44. The minimum absolute atomic E-state index is 0.0774. The summed E-state index contributed by atoms with van der Waals surface area (Å²) < 4.78 is 0. The molecule has 1 aliphatic carbocycles. The number of allylic oxidation sites excluding steroid dienone is 3. The molecular weight excluding hydrogens is 198 g/mol. The standard InChI is InChI=1S/C14H21NO/c1-4-14(16)13(15-11(2)3)10-12-8-6-5-7-9-12/h4,6,8-9,11,13,15H,1,5,7,10H2,2-3H3/t13-/m1/s1. The molecule has 0 saturated carbocycles. The van der Waals surface area contributed by atoms with Gasteiger partial charge in [0, 0.05) is 6.04 Å². The second-order valence-corrected chi connectivity index (χ2v) is 4.44. The van der Waals surface area contributed by atoms with Crippen LogP contribution in [0.25, 0.3) is 0 Å². The van der Waals surface area contributed by atoms with Crippen LogP contribution in [0.4, 0.5) is 0 Å². The number of ketones is 1. The van der Waals surface area contributed by atoms with Gasteiger partial charge in [0.25, 0.3) is 0 Å². The topological polar surface area (TPSA) is 29.1 Å². The fourth-order valence-electron chi connectivity index (χ4n) is 1.84. The van der Waals surface area contributed by atoms with Gasteiger partial charge in [-0.05, 0) is 25.3 Å². The number of nitrogens with one attached hydrogen (secondary N) is 1. The Labute approximate surface area is 98.1 Å². The lowest BCUT2D eigenvalue weighted by molar-refractivity contribution is -0.116. The van der Waals surface area contributed by atoms with Crippen LogP contribution in [-0.2, 0) is 4.79 Å². The maximum absolute atomic E-state index is 11.7. The van der Waals surface area contributed by atoms with Gasteiger partial charge < -0.3 is 5.32 Å². The maximum atomic E-state index is 11.7. The van der Waals surface area contributed by atoms with E-state index in [1.807, 2.05) is 0 Å². The third-order valence-electron chi connectivity index (χ3n) is 2.59. The van der Waals surface area contributed by atoms with Crippen molar-refractivity contribution in [2.45, 2.75) is 45.2 Å². The van der Waals surface area contributed by atoms with Crippen LogP contribution >= 0.6 is 0 Å². The van der Waals surface area contributed by atoms with E-state index in [4.69, 9.17) is 0 Å². The molecule has 2 nitrogen and oxygen atoms in total. The largest absolute Gasteiger partial charge is 0.305 e. The molecule has 1 atom stereocenters. The smallest absolute Gasteiger partial charge is 0.172 e. The molecule has 1 rings (SSSR count). The van der Waals surface area contributed by atoms with Crippen LogP contribution in [0.2, 0.25) is 0 Å². The van der Waals surface area contributed by atoms with Crippen LogP contribution < -0.4 is 5.32 Å². The van der Waals surface area contributed by atoms with Crippen molar-refractivity contribution < 1.29 is 4.79 Å². The normalized spacial score (nSPS) is 17.1. The Balaban J connectivity index is 2.62. The van der Waals surface area contributed by atoms with Crippen LogP contribution in [0.3, 0.4) is 0 Å². The molecule has 0 aromatic carbocycles. The van der Waals surface area contributed by atoms with Crippen LogP contribution in [0.5, 0.6) is 0 Å². The average Bonchev–Trinajstić information content (AvgIpc) is 2.28. The molecule has 2 heteroatoms. The van der Waals surface area contributed by atoms with Gasteiger partial charge in [0.15, 0.2) is 5.78 Å². The summed E-state index contributed by atoms with van der Waals surface area (Å²) >= 11 is 0. The Morgan fingerprint density at radius 3 is 2.81 bits per heavy atom. The molecule has 0 unspecified atom stereocenters. The lowest BCUT2D eigenvalue weighted by atomic mass is 9.97. The van der Waals surface area contributed by atoms with E-state index in [1.54, 1.807) is 0 Å². The van der Waals surface area contributed by atoms with Gasteiger partial charge in [-0.2, -0.15) is 0 Å². The number of carbonyl (C=O) groups excluding carboxylic acids is 1. The summed E-state index contributed by atoms with van der Waals surface area (Å²) in [6, 6.07) is 0.175. The first-order valence-electron chi connectivity index (χ1n) is 5.91. The zero-order valence-corrected chi connectivity index (χ0v) is 10.2. The maximum Gasteiger partial charge on any atom is 0.172 e. The Morgan fingerprint density at radius 2 is 2.31 bits per heavy atom. The van der Waals surface area contributed by atoms with Crippen molar-refractivity contribution in [3.63, 3.8) is 0 Å². The average molecular weight is 219 g/mol. The molecule has 0 heterocycles. The molecule has 1 aliphatic rings. The van der Waals surface area contributed by atoms with Crippen molar-refractivity contribution in [2.24, 2.45) is 0 Å². The number of rotatable bonds is 6. The van der Waals surface area contributed by atoms with Gasteiger partial charge in [0.1, 0.15) is 0 Å². The van der Waals surface area contributed by atoms with E-state index in [2.05, 4.69) is 44.0 Å². The van der Waals surface area contributed by atoms with Crippen molar-refractivity contribution in [1.82, 2.24) is 5.32 Å². The van der Waals surface area contributed by atoms with Gasteiger partial charge in [0.2, 0.25) is 0 Å². The molecule has 0 bridgehead atoms. The van der Waals surface area contributed by atoms with Crippen LogP contribution in [0, 0.1) is 0 Å². The lowest BCUT2D eigenvalue weighted by Gasteiger charge is -2.20. The Hall–Kier alpha value is -1.15. The lowest BCUT2D eigenvalue weighted by Crippen LogP contribution is -2.40. The van der Waals surface area contributed by atoms with Crippen molar-refractivity contribution in [3.8, 4) is 0 Å². The van der Waals surface area contributed by atoms with Gasteiger partial charge in [-0.15, -0.1) is 0 Å². The van der Waals surface area contributed by atoms with Crippen molar-refractivity contribution >= 4 is 5.78 Å².